The summed E-state index contributed by atoms with van der Waals surface area (Å²) in [6, 6.07) is 17.2. The Bertz CT molecular complexity index is 712. The molecule has 0 saturated carbocycles. The van der Waals surface area contributed by atoms with E-state index in [1.54, 1.807) is 19.1 Å². The normalized spacial score (nSPS) is 12.9. The maximum atomic E-state index is 12.3. The Balaban J connectivity index is 1.90. The van der Waals surface area contributed by atoms with Crippen molar-refractivity contribution in [3.63, 3.8) is 0 Å². The molecule has 0 aromatic heterocycles. The van der Waals surface area contributed by atoms with Gasteiger partial charge in [-0.05, 0) is 37.5 Å². The quantitative estimate of drug-likeness (QED) is 0.780. The molecule has 25 heavy (non-hydrogen) atoms. The van der Waals surface area contributed by atoms with E-state index in [9.17, 15) is 9.59 Å². The average molecular weight is 339 g/mol. The Hall–Kier alpha value is -2.62. The van der Waals surface area contributed by atoms with Crippen LogP contribution in [0.1, 0.15) is 47.7 Å². The second kappa shape index (κ2) is 9.02. The van der Waals surface area contributed by atoms with Gasteiger partial charge in [0, 0.05) is 12.5 Å². The summed E-state index contributed by atoms with van der Waals surface area (Å²) in [7, 11) is 0. The highest BCUT2D eigenvalue weighted by atomic mass is 16.5. The predicted molar refractivity (Wildman–Crippen MR) is 98.5 cm³/mol. The molecule has 2 aromatic carbocycles. The molecule has 0 aliphatic carbocycles. The smallest absolute Gasteiger partial charge is 0.339 e. The standard InChI is InChI=1S/C21H25NO3/c1-4-17(18-11-6-5-7-12-18)14-22-20(23)16(3)25-21(24)19-13-9-8-10-15(19)2/h5-13,16-17H,4,14H2,1-3H3,(H,22,23)/t16-,17+/m1/s1. The number of hydrogen-bond acceptors (Lipinski definition) is 3. The molecule has 0 heterocycles. The van der Waals surface area contributed by atoms with Gasteiger partial charge in [0.2, 0.25) is 0 Å². The van der Waals surface area contributed by atoms with Crippen molar-refractivity contribution in [2.75, 3.05) is 6.54 Å². The number of amides is 1. The first-order valence-corrected chi connectivity index (χ1v) is 8.62. The van der Waals surface area contributed by atoms with Gasteiger partial charge in [0.25, 0.3) is 5.91 Å². The van der Waals surface area contributed by atoms with E-state index in [-0.39, 0.29) is 11.8 Å². The fourth-order valence-electron chi connectivity index (χ4n) is 2.67. The van der Waals surface area contributed by atoms with Crippen LogP contribution >= 0.6 is 0 Å². The molecule has 1 amide bonds. The second-order valence-corrected chi connectivity index (χ2v) is 6.12. The lowest BCUT2D eigenvalue weighted by Gasteiger charge is -2.19. The summed E-state index contributed by atoms with van der Waals surface area (Å²) >= 11 is 0. The third kappa shape index (κ3) is 5.18. The van der Waals surface area contributed by atoms with Gasteiger partial charge in [0.15, 0.2) is 6.10 Å². The van der Waals surface area contributed by atoms with Crippen molar-refractivity contribution in [1.82, 2.24) is 5.32 Å². The maximum absolute atomic E-state index is 12.3. The maximum Gasteiger partial charge on any atom is 0.339 e. The van der Waals surface area contributed by atoms with Crippen molar-refractivity contribution in [2.45, 2.75) is 39.2 Å². The minimum atomic E-state index is -0.833. The number of benzene rings is 2. The molecule has 2 atom stereocenters. The van der Waals surface area contributed by atoms with Crippen LogP contribution in [0.25, 0.3) is 0 Å². The lowest BCUT2D eigenvalue weighted by atomic mass is 9.96. The van der Waals surface area contributed by atoms with E-state index in [0.29, 0.717) is 12.1 Å². The van der Waals surface area contributed by atoms with Crippen LogP contribution in [-0.2, 0) is 9.53 Å². The van der Waals surface area contributed by atoms with Crippen molar-refractivity contribution < 1.29 is 14.3 Å². The first-order valence-electron chi connectivity index (χ1n) is 8.62. The van der Waals surface area contributed by atoms with Gasteiger partial charge in [0.1, 0.15) is 0 Å². The molecule has 0 spiro atoms. The van der Waals surface area contributed by atoms with Crippen LogP contribution in [0, 0.1) is 6.92 Å². The van der Waals surface area contributed by atoms with Crippen LogP contribution in [0.3, 0.4) is 0 Å². The summed E-state index contributed by atoms with van der Waals surface area (Å²) in [5.74, 6) is -0.517. The van der Waals surface area contributed by atoms with Crippen LogP contribution in [0.2, 0.25) is 0 Å². The van der Waals surface area contributed by atoms with Crippen molar-refractivity contribution in [3.8, 4) is 0 Å². The molecular weight excluding hydrogens is 314 g/mol. The fraction of sp³-hybridized carbons (Fsp3) is 0.333. The summed E-state index contributed by atoms with van der Waals surface area (Å²) < 4.78 is 5.30. The molecule has 2 rings (SSSR count). The lowest BCUT2D eigenvalue weighted by molar-refractivity contribution is -0.129. The van der Waals surface area contributed by atoms with Gasteiger partial charge in [-0.3, -0.25) is 4.79 Å². The van der Waals surface area contributed by atoms with E-state index in [1.807, 2.05) is 37.3 Å². The molecule has 1 N–H and O–H groups in total. The number of aryl methyl sites for hydroxylation is 1. The summed E-state index contributed by atoms with van der Waals surface area (Å²) in [6.45, 7) is 6.04. The molecule has 132 valence electrons. The zero-order valence-electron chi connectivity index (χ0n) is 15.0. The summed E-state index contributed by atoms with van der Waals surface area (Å²) in [4.78, 5) is 24.5. The zero-order valence-corrected chi connectivity index (χ0v) is 15.0. The second-order valence-electron chi connectivity index (χ2n) is 6.12. The highest BCUT2D eigenvalue weighted by molar-refractivity contribution is 5.93. The topological polar surface area (TPSA) is 55.4 Å². The molecule has 4 nitrogen and oxygen atoms in total. The molecule has 0 radical (unpaired) electrons. The number of esters is 1. The predicted octanol–water partition coefficient (Wildman–Crippen LogP) is 3.85. The number of nitrogens with one attached hydrogen (secondary N) is 1. The van der Waals surface area contributed by atoms with E-state index in [0.717, 1.165) is 12.0 Å². The highest BCUT2D eigenvalue weighted by Crippen LogP contribution is 2.18. The van der Waals surface area contributed by atoms with Crippen molar-refractivity contribution in [2.24, 2.45) is 0 Å². The number of ether oxygens (including phenoxy) is 1. The van der Waals surface area contributed by atoms with Crippen LogP contribution in [0.4, 0.5) is 0 Å². The van der Waals surface area contributed by atoms with Crippen LogP contribution < -0.4 is 5.32 Å². The minimum absolute atomic E-state index is 0.240. The summed E-state index contributed by atoms with van der Waals surface area (Å²) in [5, 5.41) is 2.89. The molecule has 2 aromatic rings. The monoisotopic (exact) mass is 339 g/mol. The van der Waals surface area contributed by atoms with Crippen LogP contribution in [0.15, 0.2) is 54.6 Å². The fourth-order valence-corrected chi connectivity index (χ4v) is 2.67. The van der Waals surface area contributed by atoms with E-state index in [2.05, 4.69) is 24.4 Å². The van der Waals surface area contributed by atoms with Gasteiger partial charge in [-0.15, -0.1) is 0 Å². The summed E-state index contributed by atoms with van der Waals surface area (Å²) in [5.41, 5.74) is 2.50. The first kappa shape index (κ1) is 18.7. The number of carbonyl (C=O) groups excluding carboxylic acids is 2. The Morgan fingerprint density at radius 1 is 1.04 bits per heavy atom. The van der Waals surface area contributed by atoms with E-state index < -0.39 is 12.1 Å². The average Bonchev–Trinajstić information content (AvgIpc) is 2.63. The number of hydrogen-bond donors (Lipinski definition) is 1. The first-order chi connectivity index (χ1) is 12.0. The lowest BCUT2D eigenvalue weighted by Crippen LogP contribution is -2.38. The van der Waals surface area contributed by atoms with Crippen molar-refractivity contribution in [1.29, 1.82) is 0 Å². The van der Waals surface area contributed by atoms with E-state index in [1.165, 1.54) is 5.56 Å². The third-order valence-electron chi connectivity index (χ3n) is 4.30. The molecule has 0 aliphatic rings. The molecule has 0 unspecified atom stereocenters. The molecular formula is C21H25NO3. The molecule has 0 saturated heterocycles. The Morgan fingerprint density at radius 2 is 1.68 bits per heavy atom. The Labute approximate surface area is 149 Å². The van der Waals surface area contributed by atoms with Gasteiger partial charge in [-0.2, -0.15) is 0 Å². The van der Waals surface area contributed by atoms with Crippen LogP contribution in [-0.4, -0.2) is 24.5 Å². The van der Waals surface area contributed by atoms with Gasteiger partial charge in [0.05, 0.1) is 5.56 Å². The Morgan fingerprint density at radius 3 is 2.32 bits per heavy atom. The zero-order chi connectivity index (χ0) is 18.2. The molecule has 4 heteroatoms. The largest absolute Gasteiger partial charge is 0.449 e. The van der Waals surface area contributed by atoms with Gasteiger partial charge in [-0.25, -0.2) is 4.79 Å². The van der Waals surface area contributed by atoms with E-state index >= 15 is 0 Å². The highest BCUT2D eigenvalue weighted by Gasteiger charge is 2.20. The van der Waals surface area contributed by atoms with Crippen molar-refractivity contribution >= 4 is 11.9 Å². The molecule has 0 bridgehead atoms. The van der Waals surface area contributed by atoms with Crippen molar-refractivity contribution in [3.05, 3.63) is 71.3 Å². The SMILES string of the molecule is CC[C@@H](CNC(=O)[C@@H](C)OC(=O)c1ccccc1C)c1ccccc1. The van der Waals surface area contributed by atoms with Gasteiger partial charge >= 0.3 is 5.97 Å². The van der Waals surface area contributed by atoms with E-state index in [4.69, 9.17) is 4.74 Å². The third-order valence-corrected chi connectivity index (χ3v) is 4.30. The van der Waals surface area contributed by atoms with Crippen LogP contribution in [0.5, 0.6) is 0 Å². The molecule has 0 aliphatic heterocycles. The minimum Gasteiger partial charge on any atom is -0.449 e. The van der Waals surface area contributed by atoms with Gasteiger partial charge in [-0.1, -0.05) is 55.5 Å². The van der Waals surface area contributed by atoms with Gasteiger partial charge < -0.3 is 10.1 Å². The number of carbonyl (C=O) groups is 2. The molecule has 0 fully saturated rings. The Kier molecular flexibility index (Phi) is 6.75. The number of rotatable bonds is 7. The summed E-state index contributed by atoms with van der Waals surface area (Å²) in [6.07, 6.45) is 0.0853.